The normalized spacial score (nSPS) is 14.6. The second-order valence-corrected chi connectivity index (χ2v) is 6.33. The van der Waals surface area contributed by atoms with E-state index < -0.39 is 0 Å². The summed E-state index contributed by atoms with van der Waals surface area (Å²) >= 11 is 0. The van der Waals surface area contributed by atoms with Crippen LogP contribution in [0, 0.1) is 0 Å². The highest BCUT2D eigenvalue weighted by atomic mass is 16.2. The molecule has 2 aromatic rings. The van der Waals surface area contributed by atoms with Crippen LogP contribution in [0.2, 0.25) is 0 Å². The molecule has 1 saturated carbocycles. The van der Waals surface area contributed by atoms with Gasteiger partial charge in [-0.05, 0) is 25.0 Å². The number of hydrogen-bond acceptors (Lipinski definition) is 4. The van der Waals surface area contributed by atoms with E-state index in [0.717, 1.165) is 12.8 Å². The van der Waals surface area contributed by atoms with Gasteiger partial charge in [-0.2, -0.15) is 5.10 Å². The van der Waals surface area contributed by atoms with Gasteiger partial charge in [-0.1, -0.05) is 19.3 Å². The second kappa shape index (κ2) is 8.98. The molecule has 2 aromatic heterocycles. The summed E-state index contributed by atoms with van der Waals surface area (Å²) in [6, 6.07) is 5.24. The number of nitrogens with one attached hydrogen (secondary N) is 3. The van der Waals surface area contributed by atoms with Gasteiger partial charge in [-0.25, -0.2) is 9.48 Å². The molecule has 26 heavy (non-hydrogen) atoms. The fourth-order valence-corrected chi connectivity index (χ4v) is 3.14. The average Bonchev–Trinajstić information content (AvgIpc) is 3.14. The maximum atomic E-state index is 12.1. The molecule has 0 spiro atoms. The van der Waals surface area contributed by atoms with Gasteiger partial charge in [0.15, 0.2) is 0 Å². The van der Waals surface area contributed by atoms with Crippen LogP contribution >= 0.6 is 0 Å². The summed E-state index contributed by atoms with van der Waals surface area (Å²) in [4.78, 5) is 27.9. The average molecular weight is 356 g/mol. The largest absolute Gasteiger partial charge is 0.350 e. The fraction of sp³-hybridized carbons (Fsp3) is 0.444. The number of anilines is 1. The lowest BCUT2D eigenvalue weighted by Crippen LogP contribution is -2.37. The molecule has 3 rings (SSSR count). The molecule has 0 aromatic carbocycles. The first-order valence-electron chi connectivity index (χ1n) is 9.00. The number of nitrogens with zero attached hydrogens (tertiary/aromatic N) is 3. The van der Waals surface area contributed by atoms with Crippen LogP contribution < -0.4 is 16.0 Å². The zero-order valence-corrected chi connectivity index (χ0v) is 14.6. The first kappa shape index (κ1) is 17.9. The zero-order valence-electron chi connectivity index (χ0n) is 14.6. The van der Waals surface area contributed by atoms with Crippen LogP contribution in [0.5, 0.6) is 0 Å². The number of hydrogen-bond donors (Lipinski definition) is 3. The molecular formula is C18H24N6O2. The Morgan fingerprint density at radius 2 is 1.88 bits per heavy atom. The molecule has 3 N–H and O–H groups in total. The van der Waals surface area contributed by atoms with E-state index in [1.807, 2.05) is 4.68 Å². The van der Waals surface area contributed by atoms with Crippen LogP contribution in [-0.4, -0.2) is 39.8 Å². The van der Waals surface area contributed by atoms with Gasteiger partial charge >= 0.3 is 6.03 Å². The topological polar surface area (TPSA) is 101 Å². The van der Waals surface area contributed by atoms with E-state index in [-0.39, 0.29) is 11.9 Å². The molecule has 2 heterocycles. The van der Waals surface area contributed by atoms with Gasteiger partial charge in [0, 0.05) is 31.5 Å². The van der Waals surface area contributed by atoms with Gasteiger partial charge in [-0.15, -0.1) is 0 Å². The summed E-state index contributed by atoms with van der Waals surface area (Å²) in [6.45, 7) is 0.665. The molecule has 0 radical (unpaired) electrons. The minimum absolute atomic E-state index is 0.212. The van der Waals surface area contributed by atoms with Crippen LogP contribution in [0.15, 0.2) is 36.8 Å². The Kier molecular flexibility index (Phi) is 6.19. The van der Waals surface area contributed by atoms with E-state index in [4.69, 9.17) is 0 Å². The number of urea groups is 1. The molecular weight excluding hydrogens is 332 g/mol. The van der Waals surface area contributed by atoms with E-state index in [0.29, 0.717) is 30.5 Å². The first-order valence-corrected chi connectivity index (χ1v) is 9.00. The van der Waals surface area contributed by atoms with E-state index in [1.165, 1.54) is 25.5 Å². The summed E-state index contributed by atoms with van der Waals surface area (Å²) in [7, 11) is 0. The standard InChI is InChI=1S/C18H24N6O2/c25-17(14-5-4-9-19-13-14)20-11-12-21-18(26)23-16-8-10-22-24(16)15-6-2-1-3-7-15/h4-5,8-10,13,15H,1-3,6-7,11-12H2,(H,20,25)(H2,21,23,26). The molecule has 3 amide bonds. The van der Waals surface area contributed by atoms with E-state index in [9.17, 15) is 9.59 Å². The van der Waals surface area contributed by atoms with Gasteiger partial charge in [0.1, 0.15) is 5.82 Å². The third-order valence-corrected chi connectivity index (χ3v) is 4.45. The van der Waals surface area contributed by atoms with Crippen molar-refractivity contribution in [2.45, 2.75) is 38.1 Å². The summed E-state index contributed by atoms with van der Waals surface area (Å²) in [5.41, 5.74) is 0.494. The Labute approximate surface area is 152 Å². The lowest BCUT2D eigenvalue weighted by molar-refractivity contribution is 0.0953. The van der Waals surface area contributed by atoms with Gasteiger partial charge < -0.3 is 10.6 Å². The first-order chi connectivity index (χ1) is 12.7. The van der Waals surface area contributed by atoms with Crippen molar-refractivity contribution in [3.05, 3.63) is 42.4 Å². The smallest absolute Gasteiger partial charge is 0.320 e. The molecule has 1 aliphatic carbocycles. The van der Waals surface area contributed by atoms with Crippen LogP contribution in [0.1, 0.15) is 48.5 Å². The molecule has 0 saturated heterocycles. The van der Waals surface area contributed by atoms with E-state index in [1.54, 1.807) is 30.6 Å². The predicted molar refractivity (Wildman–Crippen MR) is 97.9 cm³/mol. The van der Waals surface area contributed by atoms with Gasteiger partial charge in [0.25, 0.3) is 5.91 Å². The highest BCUT2D eigenvalue weighted by molar-refractivity contribution is 5.93. The number of amides is 3. The Hall–Kier alpha value is -2.90. The van der Waals surface area contributed by atoms with Crippen LogP contribution in [-0.2, 0) is 0 Å². The lowest BCUT2D eigenvalue weighted by Gasteiger charge is -2.23. The Morgan fingerprint density at radius 1 is 1.08 bits per heavy atom. The Morgan fingerprint density at radius 3 is 2.65 bits per heavy atom. The highest BCUT2D eigenvalue weighted by Crippen LogP contribution is 2.29. The molecule has 0 aliphatic heterocycles. The SMILES string of the molecule is O=C(NCCNC(=O)c1cccnc1)Nc1ccnn1C1CCCCC1. The number of aromatic nitrogens is 3. The third kappa shape index (κ3) is 4.81. The van der Waals surface area contributed by atoms with E-state index in [2.05, 4.69) is 26.0 Å². The zero-order chi connectivity index (χ0) is 18.2. The summed E-state index contributed by atoms with van der Waals surface area (Å²) in [5.74, 6) is 0.490. The number of pyridine rings is 1. The van der Waals surface area contributed by atoms with Crippen molar-refractivity contribution in [1.29, 1.82) is 0 Å². The summed E-state index contributed by atoms with van der Waals surface area (Å²) in [5, 5.41) is 12.7. The number of carbonyl (C=O) groups excluding carboxylic acids is 2. The summed E-state index contributed by atoms with van der Waals surface area (Å²) in [6.07, 6.45) is 10.7. The molecule has 0 unspecified atom stereocenters. The molecule has 8 heteroatoms. The van der Waals surface area contributed by atoms with Crippen molar-refractivity contribution in [1.82, 2.24) is 25.4 Å². The molecule has 8 nitrogen and oxygen atoms in total. The van der Waals surface area contributed by atoms with Crippen molar-refractivity contribution < 1.29 is 9.59 Å². The van der Waals surface area contributed by atoms with Crippen molar-refractivity contribution >= 4 is 17.8 Å². The minimum Gasteiger partial charge on any atom is -0.350 e. The van der Waals surface area contributed by atoms with Gasteiger partial charge in [-0.3, -0.25) is 15.1 Å². The highest BCUT2D eigenvalue weighted by Gasteiger charge is 2.19. The molecule has 138 valence electrons. The third-order valence-electron chi connectivity index (χ3n) is 4.45. The van der Waals surface area contributed by atoms with Crippen molar-refractivity contribution in [3.8, 4) is 0 Å². The minimum atomic E-state index is -0.307. The van der Waals surface area contributed by atoms with Crippen LogP contribution in [0.3, 0.4) is 0 Å². The van der Waals surface area contributed by atoms with Crippen molar-refractivity contribution in [2.75, 3.05) is 18.4 Å². The van der Waals surface area contributed by atoms with Gasteiger partial charge in [0.2, 0.25) is 0 Å². The van der Waals surface area contributed by atoms with Crippen molar-refractivity contribution in [3.63, 3.8) is 0 Å². The van der Waals surface area contributed by atoms with Crippen LogP contribution in [0.4, 0.5) is 10.6 Å². The monoisotopic (exact) mass is 356 g/mol. The quantitative estimate of drug-likeness (QED) is 0.692. The molecule has 0 atom stereocenters. The maximum absolute atomic E-state index is 12.1. The van der Waals surface area contributed by atoms with Gasteiger partial charge in [0.05, 0.1) is 17.8 Å². The molecule has 1 fully saturated rings. The molecule has 1 aliphatic rings. The Balaban J connectivity index is 1.41. The maximum Gasteiger partial charge on any atom is 0.320 e. The second-order valence-electron chi connectivity index (χ2n) is 6.33. The number of carbonyl (C=O) groups is 2. The molecule has 0 bridgehead atoms. The van der Waals surface area contributed by atoms with E-state index >= 15 is 0 Å². The number of rotatable bonds is 6. The van der Waals surface area contributed by atoms with Crippen LogP contribution in [0.25, 0.3) is 0 Å². The predicted octanol–water partition coefficient (Wildman–Crippen LogP) is 2.33. The summed E-state index contributed by atoms with van der Waals surface area (Å²) < 4.78 is 1.91. The van der Waals surface area contributed by atoms with Crippen molar-refractivity contribution in [2.24, 2.45) is 0 Å². The lowest BCUT2D eigenvalue weighted by atomic mass is 9.96. The fourth-order valence-electron chi connectivity index (χ4n) is 3.14. The Bertz CT molecular complexity index is 724.